The second kappa shape index (κ2) is 9.66. The van der Waals surface area contributed by atoms with Gasteiger partial charge < -0.3 is 10.2 Å². The summed E-state index contributed by atoms with van der Waals surface area (Å²) >= 11 is 0. The largest absolute Gasteiger partial charge is 0.508 e. The van der Waals surface area contributed by atoms with Gasteiger partial charge in [-0.25, -0.2) is 0 Å². The van der Waals surface area contributed by atoms with Gasteiger partial charge in [-0.1, -0.05) is 64.8 Å². The maximum absolute atomic E-state index is 10.1. The first-order valence-electron chi connectivity index (χ1n) is 10.2. The molecule has 0 aliphatic heterocycles. The van der Waals surface area contributed by atoms with Gasteiger partial charge >= 0.3 is 0 Å². The molecule has 0 radical (unpaired) electrons. The van der Waals surface area contributed by atoms with Crippen molar-refractivity contribution in [3.63, 3.8) is 0 Å². The topological polar surface area (TPSA) is 40.5 Å². The molecule has 2 heteroatoms. The lowest BCUT2D eigenvalue weighted by Crippen LogP contribution is -2.11. The lowest BCUT2D eigenvalue weighted by atomic mass is 9.77. The van der Waals surface area contributed by atoms with Crippen LogP contribution in [0, 0.1) is 0 Å². The Balaban J connectivity index is 2.40. The molecule has 142 valence electrons. The van der Waals surface area contributed by atoms with Crippen LogP contribution in [0.15, 0.2) is 36.4 Å². The fraction of sp³-hybridized carbons (Fsp3) is 0.500. The van der Waals surface area contributed by atoms with E-state index in [0.717, 1.165) is 49.7 Å². The van der Waals surface area contributed by atoms with Crippen LogP contribution in [0.3, 0.4) is 0 Å². The Morgan fingerprint density at radius 2 is 1.04 bits per heavy atom. The third kappa shape index (κ3) is 4.60. The van der Waals surface area contributed by atoms with E-state index in [1.165, 1.54) is 11.1 Å². The molecule has 0 saturated heterocycles. The molecule has 0 aliphatic carbocycles. The van der Waals surface area contributed by atoms with Gasteiger partial charge in [-0.15, -0.1) is 0 Å². The number of rotatable bonds is 9. The Labute approximate surface area is 158 Å². The molecule has 2 N–H and O–H groups in total. The predicted molar refractivity (Wildman–Crippen MR) is 110 cm³/mol. The first kappa shape index (κ1) is 20.4. The lowest BCUT2D eigenvalue weighted by molar-refractivity contribution is 0.462. The van der Waals surface area contributed by atoms with Crippen molar-refractivity contribution >= 4 is 0 Å². The van der Waals surface area contributed by atoms with Crippen molar-refractivity contribution in [2.75, 3.05) is 0 Å². The van der Waals surface area contributed by atoms with Gasteiger partial charge in [0, 0.05) is 0 Å². The molecule has 0 fully saturated rings. The van der Waals surface area contributed by atoms with Crippen LogP contribution in [-0.4, -0.2) is 10.2 Å². The highest BCUT2D eigenvalue weighted by Crippen LogP contribution is 2.40. The molecular formula is C24H34O2. The number of aromatic hydroxyl groups is 2. The van der Waals surface area contributed by atoms with E-state index in [1.807, 2.05) is 12.1 Å². The van der Waals surface area contributed by atoms with Crippen LogP contribution in [0.5, 0.6) is 11.5 Å². The second-order valence-corrected chi connectivity index (χ2v) is 7.31. The number of aryl methyl sites for hydroxylation is 2. The van der Waals surface area contributed by atoms with Gasteiger partial charge in [0.05, 0.1) is 0 Å². The molecule has 2 aromatic rings. The summed E-state index contributed by atoms with van der Waals surface area (Å²) in [5.74, 6) is 1.65. The average Bonchev–Trinajstić information content (AvgIpc) is 2.64. The molecular weight excluding hydrogens is 320 g/mol. The SMILES string of the molecule is CCCc1cc([C@H](CC)[C@@H](CC)c2ccc(O)c(CCC)c2)ccc1O. The van der Waals surface area contributed by atoms with Gasteiger partial charge in [-0.3, -0.25) is 0 Å². The maximum atomic E-state index is 10.1. The van der Waals surface area contributed by atoms with Gasteiger partial charge in [0.25, 0.3) is 0 Å². The van der Waals surface area contributed by atoms with Gasteiger partial charge in [0.15, 0.2) is 0 Å². The molecule has 0 saturated carbocycles. The molecule has 0 amide bonds. The van der Waals surface area contributed by atoms with Gasteiger partial charge in [-0.2, -0.15) is 0 Å². The molecule has 2 rings (SSSR count). The zero-order chi connectivity index (χ0) is 19.1. The lowest BCUT2D eigenvalue weighted by Gasteiger charge is -2.27. The van der Waals surface area contributed by atoms with Crippen molar-refractivity contribution in [1.29, 1.82) is 0 Å². The molecule has 2 atom stereocenters. The zero-order valence-electron chi connectivity index (χ0n) is 16.8. The molecule has 0 spiro atoms. The Morgan fingerprint density at radius 1 is 0.654 bits per heavy atom. The third-order valence-corrected chi connectivity index (χ3v) is 5.47. The van der Waals surface area contributed by atoms with Crippen molar-refractivity contribution < 1.29 is 10.2 Å². The summed E-state index contributed by atoms with van der Waals surface area (Å²) in [5, 5.41) is 20.3. The fourth-order valence-corrected chi connectivity index (χ4v) is 4.12. The van der Waals surface area contributed by atoms with E-state index >= 15 is 0 Å². The van der Waals surface area contributed by atoms with E-state index in [4.69, 9.17) is 0 Å². The Kier molecular flexibility index (Phi) is 7.56. The smallest absolute Gasteiger partial charge is 0.118 e. The summed E-state index contributed by atoms with van der Waals surface area (Å²) in [7, 11) is 0. The number of phenols is 2. The van der Waals surface area contributed by atoms with Crippen molar-refractivity contribution in [1.82, 2.24) is 0 Å². The van der Waals surface area contributed by atoms with Crippen molar-refractivity contribution in [3.05, 3.63) is 58.7 Å². The molecule has 0 bridgehead atoms. The monoisotopic (exact) mass is 354 g/mol. The second-order valence-electron chi connectivity index (χ2n) is 7.31. The minimum atomic E-state index is 0.411. The Hall–Kier alpha value is -1.96. The van der Waals surface area contributed by atoms with Crippen molar-refractivity contribution in [3.8, 4) is 11.5 Å². The van der Waals surface area contributed by atoms with Crippen LogP contribution in [0.4, 0.5) is 0 Å². The highest BCUT2D eigenvalue weighted by atomic mass is 16.3. The van der Waals surface area contributed by atoms with E-state index in [-0.39, 0.29) is 0 Å². The van der Waals surface area contributed by atoms with E-state index in [2.05, 4.69) is 52.0 Å². The first-order chi connectivity index (χ1) is 12.5. The quantitative estimate of drug-likeness (QED) is 0.526. The highest BCUT2D eigenvalue weighted by molar-refractivity contribution is 5.42. The maximum Gasteiger partial charge on any atom is 0.118 e. The zero-order valence-corrected chi connectivity index (χ0v) is 16.8. The van der Waals surface area contributed by atoms with E-state index in [0.29, 0.717) is 23.3 Å². The molecule has 0 aliphatic rings. The minimum absolute atomic E-state index is 0.411. The van der Waals surface area contributed by atoms with Gasteiger partial charge in [-0.05, 0) is 71.9 Å². The standard InChI is InChI=1S/C24H34O2/c1-5-9-19-15-17(11-13-23(19)25)21(7-3)22(8-4)18-12-14-24(26)20(16-18)10-6-2/h11-16,21-22,25-26H,5-10H2,1-4H3/t21-,22-/m0/s1. The van der Waals surface area contributed by atoms with Gasteiger partial charge in [0.2, 0.25) is 0 Å². The molecule has 2 aromatic carbocycles. The van der Waals surface area contributed by atoms with Crippen LogP contribution in [0.1, 0.15) is 87.5 Å². The summed E-state index contributed by atoms with van der Waals surface area (Å²) in [6, 6.07) is 12.3. The highest BCUT2D eigenvalue weighted by Gasteiger charge is 2.23. The number of hydrogen-bond donors (Lipinski definition) is 2. The Morgan fingerprint density at radius 3 is 1.35 bits per heavy atom. The number of phenolic OH excluding ortho intramolecular Hbond substituents is 2. The molecule has 2 nitrogen and oxygen atoms in total. The van der Waals surface area contributed by atoms with E-state index in [9.17, 15) is 10.2 Å². The van der Waals surface area contributed by atoms with Crippen LogP contribution < -0.4 is 0 Å². The minimum Gasteiger partial charge on any atom is -0.508 e. The molecule has 0 unspecified atom stereocenters. The van der Waals surface area contributed by atoms with E-state index < -0.39 is 0 Å². The van der Waals surface area contributed by atoms with Crippen LogP contribution in [0.2, 0.25) is 0 Å². The van der Waals surface area contributed by atoms with Crippen molar-refractivity contribution in [2.24, 2.45) is 0 Å². The summed E-state index contributed by atoms with van der Waals surface area (Å²) in [4.78, 5) is 0. The first-order valence-corrected chi connectivity index (χ1v) is 10.2. The summed E-state index contributed by atoms with van der Waals surface area (Å²) in [6.45, 7) is 8.77. The normalized spacial score (nSPS) is 13.5. The van der Waals surface area contributed by atoms with Crippen LogP contribution in [0.25, 0.3) is 0 Å². The molecule has 0 aromatic heterocycles. The van der Waals surface area contributed by atoms with Crippen molar-refractivity contribution in [2.45, 2.75) is 78.1 Å². The van der Waals surface area contributed by atoms with Gasteiger partial charge in [0.1, 0.15) is 11.5 Å². The fourth-order valence-electron chi connectivity index (χ4n) is 4.12. The van der Waals surface area contributed by atoms with Crippen LogP contribution in [-0.2, 0) is 12.8 Å². The Bertz CT molecular complexity index is 644. The molecule has 0 heterocycles. The summed E-state index contributed by atoms with van der Waals surface area (Å²) < 4.78 is 0. The average molecular weight is 355 g/mol. The van der Waals surface area contributed by atoms with E-state index in [1.54, 1.807) is 0 Å². The molecule has 26 heavy (non-hydrogen) atoms. The third-order valence-electron chi connectivity index (χ3n) is 5.47. The predicted octanol–water partition coefficient (Wildman–Crippen LogP) is 6.69. The number of benzene rings is 2. The van der Waals surface area contributed by atoms with Crippen LogP contribution >= 0.6 is 0 Å². The summed E-state index contributed by atoms with van der Waals surface area (Å²) in [6.07, 6.45) is 5.99. The summed E-state index contributed by atoms with van der Waals surface area (Å²) in [5.41, 5.74) is 4.72. The number of hydrogen-bond acceptors (Lipinski definition) is 2.